The molecule has 5 aliphatic rings. The third kappa shape index (κ3) is 4.85. The van der Waals surface area contributed by atoms with Crippen molar-refractivity contribution in [3.63, 3.8) is 0 Å². The number of hydrogen-bond donors (Lipinski definition) is 0. The second-order valence-electron chi connectivity index (χ2n) is 15.3. The maximum atomic E-state index is 12.9. The number of amides is 1. The zero-order valence-electron chi connectivity index (χ0n) is 27.6. The first-order valence-corrected chi connectivity index (χ1v) is 16.3. The lowest BCUT2D eigenvalue weighted by molar-refractivity contribution is 0.00578. The largest absolute Gasteiger partial charge is 0.495 e. The van der Waals surface area contributed by atoms with Crippen LogP contribution in [0.15, 0.2) is 47.6 Å². The second-order valence-corrected chi connectivity index (χ2v) is 15.3. The van der Waals surface area contributed by atoms with Gasteiger partial charge in [-0.05, 0) is 120 Å². The van der Waals surface area contributed by atoms with Crippen molar-refractivity contribution in [1.29, 1.82) is 0 Å². The third-order valence-electron chi connectivity index (χ3n) is 10.8. The molecule has 7 nitrogen and oxygen atoms in total. The molecule has 0 spiro atoms. The van der Waals surface area contributed by atoms with E-state index in [4.69, 9.17) is 19.0 Å². The van der Waals surface area contributed by atoms with Crippen molar-refractivity contribution in [2.24, 2.45) is 4.99 Å². The molecule has 3 saturated heterocycles. The number of hydrogen-bond acceptors (Lipinski definition) is 6. The van der Waals surface area contributed by atoms with Gasteiger partial charge in [0.05, 0.1) is 17.2 Å². The highest BCUT2D eigenvalue weighted by Crippen LogP contribution is 2.54. The Labute approximate surface area is 262 Å². The SMILES string of the molecule is CN1C2CCC1c1c(-c3ccc(C4=CN=C([C@@H]5CCCN5C(=O)OC(C)(C)C)C4)cc3)ccc(B3OC(C)(C)C(C)(C)O3)c12. The summed E-state index contributed by atoms with van der Waals surface area (Å²) < 4.78 is 18.8. The number of aliphatic imine (C=N–C) groups is 1. The fourth-order valence-corrected chi connectivity index (χ4v) is 7.79. The second kappa shape index (κ2) is 10.3. The molecule has 0 aromatic heterocycles. The van der Waals surface area contributed by atoms with Crippen LogP contribution in [0, 0.1) is 0 Å². The summed E-state index contributed by atoms with van der Waals surface area (Å²) in [6.07, 6.45) is 6.77. The minimum absolute atomic E-state index is 0.00960. The number of allylic oxidation sites excluding steroid dienone is 1. The van der Waals surface area contributed by atoms with Gasteiger partial charge in [-0.1, -0.05) is 36.4 Å². The van der Waals surface area contributed by atoms with Crippen LogP contribution in [0.25, 0.3) is 16.7 Å². The van der Waals surface area contributed by atoms with Crippen molar-refractivity contribution in [3.05, 3.63) is 59.3 Å². The van der Waals surface area contributed by atoms with Gasteiger partial charge in [0.25, 0.3) is 0 Å². The molecule has 2 bridgehead atoms. The number of carbonyl (C=O) groups is 1. The third-order valence-corrected chi connectivity index (χ3v) is 10.8. The van der Waals surface area contributed by atoms with Crippen LogP contribution >= 0.6 is 0 Å². The molecule has 7 rings (SSSR count). The summed E-state index contributed by atoms with van der Waals surface area (Å²) >= 11 is 0. The van der Waals surface area contributed by atoms with E-state index in [1.165, 1.54) is 51.7 Å². The zero-order valence-corrected chi connectivity index (χ0v) is 27.6. The Hall–Kier alpha value is -2.94. The van der Waals surface area contributed by atoms with Crippen molar-refractivity contribution in [2.45, 2.75) is 115 Å². The number of nitrogens with zero attached hydrogens (tertiary/aromatic N) is 3. The molecule has 8 heteroatoms. The Balaban J connectivity index is 1.11. The number of carbonyl (C=O) groups excluding carboxylic acids is 1. The van der Waals surface area contributed by atoms with E-state index >= 15 is 0 Å². The Morgan fingerprint density at radius 1 is 0.909 bits per heavy atom. The maximum absolute atomic E-state index is 12.9. The van der Waals surface area contributed by atoms with Crippen molar-refractivity contribution in [3.8, 4) is 11.1 Å². The topological polar surface area (TPSA) is 63.6 Å². The highest BCUT2D eigenvalue weighted by atomic mass is 16.7. The molecule has 5 aliphatic heterocycles. The minimum Gasteiger partial charge on any atom is -0.444 e. The molecule has 0 N–H and O–H groups in total. The fourth-order valence-electron chi connectivity index (χ4n) is 7.79. The van der Waals surface area contributed by atoms with Crippen molar-refractivity contribution in [1.82, 2.24) is 9.80 Å². The zero-order chi connectivity index (χ0) is 31.2. The molecule has 2 aromatic rings. The van der Waals surface area contributed by atoms with E-state index in [0.29, 0.717) is 12.1 Å². The van der Waals surface area contributed by atoms with Gasteiger partial charge in [0.15, 0.2) is 0 Å². The minimum atomic E-state index is -0.506. The fraction of sp³-hybridized carbons (Fsp3) is 0.556. The first-order valence-electron chi connectivity index (χ1n) is 16.3. The van der Waals surface area contributed by atoms with Crippen LogP contribution in [0.1, 0.15) is 109 Å². The highest BCUT2D eigenvalue weighted by molar-refractivity contribution is 6.62. The van der Waals surface area contributed by atoms with E-state index in [0.717, 1.165) is 31.5 Å². The van der Waals surface area contributed by atoms with Crippen LogP contribution in [-0.2, 0) is 14.0 Å². The van der Waals surface area contributed by atoms with Gasteiger partial charge in [0.2, 0.25) is 0 Å². The predicted octanol–water partition coefficient (Wildman–Crippen LogP) is 7.06. The van der Waals surface area contributed by atoms with Crippen LogP contribution in [0.4, 0.5) is 4.79 Å². The van der Waals surface area contributed by atoms with E-state index in [1.807, 2.05) is 31.9 Å². The molecule has 1 amide bonds. The van der Waals surface area contributed by atoms with E-state index in [-0.39, 0.29) is 30.5 Å². The maximum Gasteiger partial charge on any atom is 0.495 e. The molecule has 3 fully saturated rings. The van der Waals surface area contributed by atoms with Gasteiger partial charge in [-0.15, -0.1) is 0 Å². The van der Waals surface area contributed by atoms with Crippen LogP contribution < -0.4 is 5.46 Å². The molecule has 0 saturated carbocycles. The molecule has 232 valence electrons. The number of fused-ring (bicyclic) bond motifs is 5. The summed E-state index contributed by atoms with van der Waals surface area (Å²) in [4.78, 5) is 22.1. The average Bonchev–Trinajstić information content (AvgIpc) is 3.77. The molecule has 0 radical (unpaired) electrons. The smallest absolute Gasteiger partial charge is 0.444 e. The summed E-state index contributed by atoms with van der Waals surface area (Å²) in [5, 5.41) is 0. The number of ether oxygens (including phenoxy) is 1. The molecule has 0 aliphatic carbocycles. The van der Waals surface area contributed by atoms with Crippen molar-refractivity contribution < 1.29 is 18.8 Å². The lowest BCUT2D eigenvalue weighted by Gasteiger charge is -2.32. The molecular weight excluding hydrogens is 549 g/mol. The Morgan fingerprint density at radius 3 is 2.20 bits per heavy atom. The van der Waals surface area contributed by atoms with Crippen molar-refractivity contribution >= 4 is 30.0 Å². The molecule has 3 atom stereocenters. The van der Waals surface area contributed by atoms with E-state index in [1.54, 1.807) is 0 Å². The van der Waals surface area contributed by atoms with Crippen LogP contribution in [-0.4, -0.2) is 65.2 Å². The van der Waals surface area contributed by atoms with E-state index in [9.17, 15) is 4.79 Å². The van der Waals surface area contributed by atoms with Gasteiger partial charge in [-0.3, -0.25) is 14.8 Å². The van der Waals surface area contributed by atoms with Crippen LogP contribution in [0.2, 0.25) is 0 Å². The van der Waals surface area contributed by atoms with E-state index in [2.05, 4.69) is 76.0 Å². The quantitative estimate of drug-likeness (QED) is 0.354. The summed E-state index contributed by atoms with van der Waals surface area (Å²) in [5.74, 6) is 0. The van der Waals surface area contributed by atoms with Gasteiger partial charge in [-0.2, -0.15) is 0 Å². The first-order chi connectivity index (χ1) is 20.7. The number of rotatable bonds is 4. The van der Waals surface area contributed by atoms with Gasteiger partial charge in [-0.25, -0.2) is 4.79 Å². The number of benzene rings is 2. The summed E-state index contributed by atoms with van der Waals surface area (Å²) in [5.41, 5.74) is 8.77. The van der Waals surface area contributed by atoms with Gasteiger partial charge < -0.3 is 14.0 Å². The van der Waals surface area contributed by atoms with Crippen LogP contribution in [0.5, 0.6) is 0 Å². The molecule has 5 heterocycles. The lowest BCUT2D eigenvalue weighted by Crippen LogP contribution is -2.43. The highest BCUT2D eigenvalue weighted by Gasteiger charge is 2.54. The normalized spacial score (nSPS) is 27.1. The average molecular weight is 596 g/mol. The van der Waals surface area contributed by atoms with Gasteiger partial charge in [0, 0.05) is 37.0 Å². The van der Waals surface area contributed by atoms with E-state index < -0.39 is 5.60 Å². The molecule has 2 unspecified atom stereocenters. The lowest BCUT2D eigenvalue weighted by atomic mass is 9.70. The Kier molecular flexibility index (Phi) is 6.96. The van der Waals surface area contributed by atoms with Gasteiger partial charge >= 0.3 is 13.2 Å². The predicted molar refractivity (Wildman–Crippen MR) is 176 cm³/mol. The number of likely N-dealkylation sites (tertiary alicyclic amines) is 1. The molecule has 2 aromatic carbocycles. The summed E-state index contributed by atoms with van der Waals surface area (Å²) in [7, 11) is 1.91. The standard InChI is InChI=1S/C36H46BN3O4/c1-34(2,3)42-33(41)40-19-9-10-28(40)27-20-24(21-38-27)22-11-13-23(14-12-22)25-15-16-26(37-43-35(4,5)36(6,7)44-37)32-30-18-17-29(31(25)32)39(30)8/h11-16,21,28-30H,9-10,17-20H2,1-8H3/t28-,29?,30?/m0/s1. The van der Waals surface area contributed by atoms with Gasteiger partial charge in [0.1, 0.15) is 5.60 Å². The summed E-state index contributed by atoms with van der Waals surface area (Å²) in [6, 6.07) is 14.3. The first kappa shape index (κ1) is 29.8. The molecule has 44 heavy (non-hydrogen) atoms. The van der Waals surface area contributed by atoms with Crippen molar-refractivity contribution in [2.75, 3.05) is 13.6 Å². The van der Waals surface area contributed by atoms with Crippen LogP contribution in [0.3, 0.4) is 0 Å². The monoisotopic (exact) mass is 595 g/mol. The Bertz CT molecular complexity index is 1540. The molecular formula is C36H46BN3O4. The summed E-state index contributed by atoms with van der Waals surface area (Å²) in [6.45, 7) is 15.0. The Morgan fingerprint density at radius 2 is 1.55 bits per heavy atom.